The molecule has 0 saturated heterocycles. The minimum absolute atomic E-state index is 0.146. The van der Waals surface area contributed by atoms with Crippen LogP contribution in [0.5, 0.6) is 5.75 Å². The van der Waals surface area contributed by atoms with Crippen molar-refractivity contribution in [2.45, 2.75) is 58.5 Å². The first kappa shape index (κ1) is 19.3. The molecule has 0 aromatic heterocycles. The van der Waals surface area contributed by atoms with E-state index in [0.29, 0.717) is 30.2 Å². The van der Waals surface area contributed by atoms with Crippen molar-refractivity contribution in [2.24, 2.45) is 5.92 Å². The predicted molar refractivity (Wildman–Crippen MR) is 97.6 cm³/mol. The van der Waals surface area contributed by atoms with Crippen LogP contribution in [0, 0.1) is 17.2 Å². The standard InChI is InChI=1S/C20H28N2O3/c1-4-6-12-24-18-10-9-17(13-15(18)14-21)22-19(23)20(3,16-7-8-16)25-11-5-2/h9-10,13,16H,4-8,11-12H2,1-3H3,(H,22,23)/t20-/m0/s1. The summed E-state index contributed by atoms with van der Waals surface area (Å²) in [4.78, 5) is 12.8. The number of hydrogen-bond donors (Lipinski definition) is 1. The van der Waals surface area contributed by atoms with Crippen molar-refractivity contribution >= 4 is 11.6 Å². The van der Waals surface area contributed by atoms with Crippen molar-refractivity contribution in [1.29, 1.82) is 5.26 Å². The number of unbranched alkanes of at least 4 members (excludes halogenated alkanes) is 1. The van der Waals surface area contributed by atoms with Crippen molar-refractivity contribution in [1.82, 2.24) is 0 Å². The Balaban J connectivity index is 2.08. The molecule has 0 spiro atoms. The summed E-state index contributed by atoms with van der Waals surface area (Å²) in [6.07, 6.45) is 4.88. The zero-order chi connectivity index (χ0) is 18.3. The molecule has 136 valence electrons. The lowest BCUT2D eigenvalue weighted by molar-refractivity contribution is -0.142. The van der Waals surface area contributed by atoms with Gasteiger partial charge in [-0.1, -0.05) is 20.3 Å². The Bertz CT molecular complexity index is 634. The third kappa shape index (κ3) is 4.96. The van der Waals surface area contributed by atoms with Crippen LogP contribution in [-0.4, -0.2) is 24.7 Å². The first-order valence-corrected chi connectivity index (χ1v) is 9.17. The third-order valence-corrected chi connectivity index (χ3v) is 4.53. The smallest absolute Gasteiger partial charge is 0.256 e. The molecule has 0 unspecified atom stereocenters. The van der Waals surface area contributed by atoms with E-state index < -0.39 is 5.60 Å². The highest BCUT2D eigenvalue weighted by Crippen LogP contribution is 2.42. The van der Waals surface area contributed by atoms with E-state index in [0.717, 1.165) is 32.1 Å². The second kappa shape index (κ2) is 8.87. The summed E-state index contributed by atoms with van der Waals surface area (Å²) in [7, 11) is 0. The number of nitriles is 1. The normalized spacial score (nSPS) is 15.9. The van der Waals surface area contributed by atoms with Crippen molar-refractivity contribution in [3.05, 3.63) is 23.8 Å². The average Bonchev–Trinajstić information content (AvgIpc) is 3.46. The molecule has 1 saturated carbocycles. The number of rotatable bonds is 10. The molecule has 1 aromatic rings. The van der Waals surface area contributed by atoms with Gasteiger partial charge in [-0.3, -0.25) is 4.79 Å². The van der Waals surface area contributed by atoms with E-state index in [2.05, 4.69) is 18.3 Å². The van der Waals surface area contributed by atoms with E-state index in [1.165, 1.54) is 0 Å². The topological polar surface area (TPSA) is 71.3 Å². The summed E-state index contributed by atoms with van der Waals surface area (Å²) in [5.74, 6) is 0.680. The molecule has 1 fully saturated rings. The van der Waals surface area contributed by atoms with Gasteiger partial charge in [0.2, 0.25) is 0 Å². The first-order valence-electron chi connectivity index (χ1n) is 9.17. The second-order valence-electron chi connectivity index (χ2n) is 6.71. The van der Waals surface area contributed by atoms with E-state index >= 15 is 0 Å². The van der Waals surface area contributed by atoms with Gasteiger partial charge in [0.25, 0.3) is 5.91 Å². The molecule has 5 nitrogen and oxygen atoms in total. The Kier molecular flexibility index (Phi) is 6.83. The minimum atomic E-state index is -0.806. The number of amides is 1. The summed E-state index contributed by atoms with van der Waals surface area (Å²) < 4.78 is 11.5. The second-order valence-corrected chi connectivity index (χ2v) is 6.71. The highest BCUT2D eigenvalue weighted by molar-refractivity contribution is 5.97. The maximum atomic E-state index is 12.8. The summed E-state index contributed by atoms with van der Waals surface area (Å²) in [6.45, 7) is 7.13. The molecule has 1 aromatic carbocycles. The molecule has 0 bridgehead atoms. The lowest BCUT2D eigenvalue weighted by atomic mass is 9.98. The lowest BCUT2D eigenvalue weighted by Gasteiger charge is -2.28. The average molecular weight is 344 g/mol. The Morgan fingerprint density at radius 1 is 1.32 bits per heavy atom. The molecular weight excluding hydrogens is 316 g/mol. The fourth-order valence-electron chi connectivity index (χ4n) is 2.72. The highest BCUT2D eigenvalue weighted by atomic mass is 16.5. The largest absolute Gasteiger partial charge is 0.492 e. The summed E-state index contributed by atoms with van der Waals surface area (Å²) in [5, 5.41) is 12.3. The Hall–Kier alpha value is -2.06. The van der Waals surface area contributed by atoms with Crippen LogP contribution in [0.1, 0.15) is 58.4 Å². The van der Waals surface area contributed by atoms with Gasteiger partial charge in [0.05, 0.1) is 12.2 Å². The van der Waals surface area contributed by atoms with Crippen LogP contribution < -0.4 is 10.1 Å². The van der Waals surface area contributed by atoms with Crippen LogP contribution in [0.4, 0.5) is 5.69 Å². The molecule has 0 heterocycles. The number of carbonyl (C=O) groups excluding carboxylic acids is 1. The van der Waals surface area contributed by atoms with Crippen molar-refractivity contribution in [3.8, 4) is 11.8 Å². The monoisotopic (exact) mass is 344 g/mol. The summed E-state index contributed by atoms with van der Waals surface area (Å²) in [6, 6.07) is 7.31. The quantitative estimate of drug-likeness (QED) is 0.643. The number of carbonyl (C=O) groups is 1. The molecule has 2 rings (SSSR count). The molecule has 1 aliphatic carbocycles. The van der Waals surface area contributed by atoms with Crippen LogP contribution in [0.15, 0.2) is 18.2 Å². The zero-order valence-corrected chi connectivity index (χ0v) is 15.4. The van der Waals surface area contributed by atoms with Crippen LogP contribution in [0.2, 0.25) is 0 Å². The number of hydrogen-bond acceptors (Lipinski definition) is 4. The minimum Gasteiger partial charge on any atom is -0.492 e. The first-order chi connectivity index (χ1) is 12.0. The van der Waals surface area contributed by atoms with Crippen molar-refractivity contribution in [3.63, 3.8) is 0 Å². The van der Waals surface area contributed by atoms with Crippen LogP contribution in [0.25, 0.3) is 0 Å². The van der Waals surface area contributed by atoms with Gasteiger partial charge in [-0.05, 0) is 56.7 Å². The highest BCUT2D eigenvalue weighted by Gasteiger charge is 2.48. The number of benzene rings is 1. The number of nitrogens with one attached hydrogen (secondary N) is 1. The van der Waals surface area contributed by atoms with Crippen molar-refractivity contribution < 1.29 is 14.3 Å². The van der Waals surface area contributed by atoms with E-state index in [1.807, 2.05) is 13.8 Å². The molecule has 5 heteroatoms. The van der Waals surface area contributed by atoms with Gasteiger partial charge in [0.1, 0.15) is 17.4 Å². The van der Waals surface area contributed by atoms with Crippen LogP contribution in [-0.2, 0) is 9.53 Å². The maximum Gasteiger partial charge on any atom is 0.256 e. The number of ether oxygens (including phenoxy) is 2. The van der Waals surface area contributed by atoms with Gasteiger partial charge in [-0.25, -0.2) is 0 Å². The van der Waals surface area contributed by atoms with Crippen molar-refractivity contribution in [2.75, 3.05) is 18.5 Å². The molecule has 0 aliphatic heterocycles. The third-order valence-electron chi connectivity index (χ3n) is 4.53. The van der Waals surface area contributed by atoms with Crippen LogP contribution in [0.3, 0.4) is 0 Å². The Labute approximate surface area is 150 Å². The molecule has 1 atom stereocenters. The van der Waals surface area contributed by atoms with Gasteiger partial charge >= 0.3 is 0 Å². The van der Waals surface area contributed by atoms with Gasteiger partial charge in [0, 0.05) is 12.3 Å². The molecule has 1 N–H and O–H groups in total. The molecular formula is C20H28N2O3. The molecule has 1 aliphatic rings. The summed E-state index contributed by atoms with van der Waals surface area (Å²) >= 11 is 0. The van der Waals surface area contributed by atoms with E-state index in [4.69, 9.17) is 9.47 Å². The number of nitrogens with zero attached hydrogens (tertiary/aromatic N) is 1. The predicted octanol–water partition coefficient (Wildman–Crippen LogP) is 4.27. The van der Waals surface area contributed by atoms with E-state index in [-0.39, 0.29) is 11.8 Å². The molecule has 1 amide bonds. The fourth-order valence-corrected chi connectivity index (χ4v) is 2.72. The maximum absolute atomic E-state index is 12.8. The Morgan fingerprint density at radius 2 is 2.08 bits per heavy atom. The van der Waals surface area contributed by atoms with E-state index in [9.17, 15) is 10.1 Å². The Morgan fingerprint density at radius 3 is 2.68 bits per heavy atom. The number of anilines is 1. The lowest BCUT2D eigenvalue weighted by Crippen LogP contribution is -2.45. The summed E-state index contributed by atoms with van der Waals surface area (Å²) in [5.41, 5.74) is 0.215. The molecule has 25 heavy (non-hydrogen) atoms. The van der Waals surface area contributed by atoms with Gasteiger partial charge in [-0.15, -0.1) is 0 Å². The van der Waals surface area contributed by atoms with Gasteiger partial charge < -0.3 is 14.8 Å². The fraction of sp³-hybridized carbons (Fsp3) is 0.600. The van der Waals surface area contributed by atoms with E-state index in [1.54, 1.807) is 18.2 Å². The SMILES string of the molecule is CCCCOc1ccc(NC(=O)[C@@](C)(OCCC)C2CC2)cc1C#N. The molecule has 0 radical (unpaired) electrons. The van der Waals surface area contributed by atoms with Gasteiger partial charge in [0.15, 0.2) is 0 Å². The van der Waals surface area contributed by atoms with Crippen LogP contribution >= 0.6 is 0 Å². The van der Waals surface area contributed by atoms with Gasteiger partial charge in [-0.2, -0.15) is 5.26 Å². The zero-order valence-electron chi connectivity index (χ0n) is 15.4.